The van der Waals surface area contributed by atoms with Crippen molar-refractivity contribution in [2.45, 2.75) is 26.7 Å². The van der Waals surface area contributed by atoms with Crippen LogP contribution in [0.5, 0.6) is 0 Å². The maximum atomic E-state index is 9.09. The Kier molecular flexibility index (Phi) is 2.42. The summed E-state index contributed by atoms with van der Waals surface area (Å²) in [7, 11) is 0. The normalized spacial score (nSPS) is 23.9. The van der Waals surface area contributed by atoms with Gasteiger partial charge in [0.2, 0.25) is 11.7 Å². The van der Waals surface area contributed by atoms with Gasteiger partial charge in [-0.25, -0.2) is 0 Å². The fourth-order valence-corrected chi connectivity index (χ4v) is 2.51. The van der Waals surface area contributed by atoms with Crippen LogP contribution in [-0.2, 0) is 0 Å². The van der Waals surface area contributed by atoms with E-state index in [1.807, 2.05) is 26.8 Å². The molecule has 96 valence electrons. The molecule has 5 heteroatoms. The molecule has 0 bridgehead atoms. The highest BCUT2D eigenvalue weighted by Crippen LogP contribution is 2.63. The van der Waals surface area contributed by atoms with Gasteiger partial charge in [0, 0.05) is 18.0 Å². The van der Waals surface area contributed by atoms with Crippen molar-refractivity contribution in [2.24, 2.45) is 11.3 Å². The van der Waals surface area contributed by atoms with Gasteiger partial charge in [0.15, 0.2) is 0 Å². The van der Waals surface area contributed by atoms with Crippen LogP contribution < -0.4 is 0 Å². The molecule has 0 N–H and O–H groups in total. The number of hydrogen-bond acceptors (Lipinski definition) is 5. The molecule has 2 unspecified atom stereocenters. The second-order valence-corrected chi connectivity index (χ2v) is 5.55. The number of aromatic nitrogens is 3. The Morgan fingerprint density at radius 2 is 2.21 bits per heavy atom. The number of rotatable bonds is 2. The van der Waals surface area contributed by atoms with Crippen molar-refractivity contribution < 1.29 is 4.52 Å². The van der Waals surface area contributed by atoms with E-state index < -0.39 is 0 Å². The van der Waals surface area contributed by atoms with Crippen LogP contribution >= 0.6 is 0 Å². The molecule has 3 rings (SSSR count). The Labute approximate surface area is 111 Å². The Morgan fingerprint density at radius 1 is 1.42 bits per heavy atom. The van der Waals surface area contributed by atoms with E-state index in [2.05, 4.69) is 21.2 Å². The Balaban J connectivity index is 1.94. The number of nitriles is 1. The van der Waals surface area contributed by atoms with Crippen molar-refractivity contribution in [3.05, 3.63) is 29.9 Å². The van der Waals surface area contributed by atoms with Crippen LogP contribution in [0.15, 0.2) is 23.0 Å². The highest BCUT2D eigenvalue weighted by atomic mass is 16.5. The Bertz CT molecular complexity index is 668. The van der Waals surface area contributed by atoms with Crippen molar-refractivity contribution in [3.8, 4) is 17.5 Å². The first-order valence-corrected chi connectivity index (χ1v) is 6.20. The van der Waals surface area contributed by atoms with Crippen molar-refractivity contribution in [3.63, 3.8) is 0 Å². The number of aryl methyl sites for hydroxylation is 1. The maximum Gasteiger partial charge on any atom is 0.232 e. The van der Waals surface area contributed by atoms with E-state index in [-0.39, 0.29) is 17.3 Å². The summed E-state index contributed by atoms with van der Waals surface area (Å²) in [4.78, 5) is 8.51. The molecular formula is C14H14N4O. The Hall–Kier alpha value is -2.22. The lowest BCUT2D eigenvalue weighted by molar-refractivity contribution is 0.368. The summed E-state index contributed by atoms with van der Waals surface area (Å²) in [5.41, 5.74) is 1.83. The van der Waals surface area contributed by atoms with Gasteiger partial charge in [0.1, 0.15) is 0 Å². The molecule has 5 nitrogen and oxygen atoms in total. The summed E-state index contributed by atoms with van der Waals surface area (Å²) < 4.78 is 5.33. The van der Waals surface area contributed by atoms with E-state index in [0.29, 0.717) is 11.7 Å². The predicted molar refractivity (Wildman–Crippen MR) is 67.9 cm³/mol. The number of pyridine rings is 1. The van der Waals surface area contributed by atoms with Gasteiger partial charge in [-0.2, -0.15) is 10.2 Å². The molecule has 2 heterocycles. The molecule has 1 fully saturated rings. The summed E-state index contributed by atoms with van der Waals surface area (Å²) in [6.07, 6.45) is 3.46. The van der Waals surface area contributed by atoms with Crippen LogP contribution in [0, 0.1) is 29.6 Å². The smallest absolute Gasteiger partial charge is 0.232 e. The fourth-order valence-electron chi connectivity index (χ4n) is 2.51. The second-order valence-electron chi connectivity index (χ2n) is 5.55. The van der Waals surface area contributed by atoms with Crippen molar-refractivity contribution >= 4 is 0 Å². The highest BCUT2D eigenvalue weighted by Gasteiger charge is 2.62. The third kappa shape index (κ3) is 1.72. The Morgan fingerprint density at radius 3 is 2.84 bits per heavy atom. The van der Waals surface area contributed by atoms with Gasteiger partial charge in [0.05, 0.1) is 17.9 Å². The molecule has 2 atom stereocenters. The SMILES string of the molecule is Cc1ccncc1-c1noc(C2C(C#N)C2(C)C)n1. The van der Waals surface area contributed by atoms with Crippen molar-refractivity contribution in [1.82, 2.24) is 15.1 Å². The second kappa shape index (κ2) is 3.89. The zero-order valence-electron chi connectivity index (χ0n) is 11.1. The molecule has 0 saturated heterocycles. The van der Waals surface area contributed by atoms with E-state index in [0.717, 1.165) is 11.1 Å². The largest absolute Gasteiger partial charge is 0.339 e. The molecule has 0 radical (unpaired) electrons. The topological polar surface area (TPSA) is 75.6 Å². The highest BCUT2D eigenvalue weighted by molar-refractivity contribution is 5.57. The van der Waals surface area contributed by atoms with Gasteiger partial charge in [-0.3, -0.25) is 4.98 Å². The van der Waals surface area contributed by atoms with E-state index in [4.69, 9.17) is 9.78 Å². The van der Waals surface area contributed by atoms with Crippen LogP contribution in [0.25, 0.3) is 11.4 Å². The average Bonchev–Trinajstić information content (AvgIpc) is 2.75. The van der Waals surface area contributed by atoms with Gasteiger partial charge >= 0.3 is 0 Å². The molecule has 0 spiro atoms. The summed E-state index contributed by atoms with van der Waals surface area (Å²) in [6.45, 7) is 6.07. The van der Waals surface area contributed by atoms with Crippen molar-refractivity contribution in [2.75, 3.05) is 0 Å². The van der Waals surface area contributed by atoms with E-state index in [1.165, 1.54) is 0 Å². The summed E-state index contributed by atoms with van der Waals surface area (Å²) in [5, 5.41) is 13.1. The van der Waals surface area contributed by atoms with Gasteiger partial charge in [-0.1, -0.05) is 19.0 Å². The lowest BCUT2D eigenvalue weighted by Gasteiger charge is -1.97. The quantitative estimate of drug-likeness (QED) is 0.823. The van der Waals surface area contributed by atoms with E-state index in [1.54, 1.807) is 12.4 Å². The van der Waals surface area contributed by atoms with Crippen LogP contribution in [0.2, 0.25) is 0 Å². The lowest BCUT2D eigenvalue weighted by Crippen LogP contribution is -1.91. The number of nitrogens with zero attached hydrogens (tertiary/aromatic N) is 4. The molecule has 1 saturated carbocycles. The van der Waals surface area contributed by atoms with Crippen LogP contribution in [-0.4, -0.2) is 15.1 Å². The van der Waals surface area contributed by atoms with Gasteiger partial charge in [0.25, 0.3) is 0 Å². The monoisotopic (exact) mass is 254 g/mol. The van der Waals surface area contributed by atoms with E-state index in [9.17, 15) is 0 Å². The van der Waals surface area contributed by atoms with E-state index >= 15 is 0 Å². The molecule has 0 aromatic carbocycles. The minimum Gasteiger partial charge on any atom is -0.339 e. The van der Waals surface area contributed by atoms with Crippen molar-refractivity contribution in [1.29, 1.82) is 5.26 Å². The molecule has 1 aliphatic carbocycles. The average molecular weight is 254 g/mol. The minimum atomic E-state index is -0.0808. The molecule has 19 heavy (non-hydrogen) atoms. The summed E-state index contributed by atoms with van der Waals surface area (Å²) in [5.74, 6) is 1.08. The molecule has 2 aromatic heterocycles. The van der Waals surface area contributed by atoms with Crippen LogP contribution in [0.4, 0.5) is 0 Å². The molecule has 0 aliphatic heterocycles. The fraction of sp³-hybridized carbons (Fsp3) is 0.429. The zero-order valence-corrected chi connectivity index (χ0v) is 11.1. The standard InChI is InChI=1S/C14H14N4O/c1-8-4-5-16-7-9(8)12-17-13(19-18-12)11-10(6-15)14(11,2)3/h4-5,7,10-11H,1-3H3. The third-order valence-electron chi connectivity index (χ3n) is 3.95. The molecular weight excluding hydrogens is 240 g/mol. The first kappa shape index (κ1) is 11.8. The lowest BCUT2D eigenvalue weighted by atomic mass is 10.1. The van der Waals surface area contributed by atoms with Gasteiger partial charge in [-0.05, 0) is 24.0 Å². The first-order valence-electron chi connectivity index (χ1n) is 6.20. The predicted octanol–water partition coefficient (Wildman–Crippen LogP) is 2.70. The molecule has 1 aliphatic rings. The minimum absolute atomic E-state index is 0.0377. The zero-order chi connectivity index (χ0) is 13.6. The molecule has 2 aromatic rings. The third-order valence-corrected chi connectivity index (χ3v) is 3.95. The summed E-state index contributed by atoms with van der Waals surface area (Å²) >= 11 is 0. The molecule has 0 amide bonds. The summed E-state index contributed by atoms with van der Waals surface area (Å²) in [6, 6.07) is 4.21. The maximum absolute atomic E-state index is 9.09. The first-order chi connectivity index (χ1) is 9.05. The van der Waals surface area contributed by atoms with Crippen LogP contribution in [0.1, 0.15) is 31.2 Å². The van der Waals surface area contributed by atoms with Gasteiger partial charge < -0.3 is 4.52 Å². The van der Waals surface area contributed by atoms with Gasteiger partial charge in [-0.15, -0.1) is 0 Å². The van der Waals surface area contributed by atoms with Crippen LogP contribution in [0.3, 0.4) is 0 Å². The number of hydrogen-bond donors (Lipinski definition) is 0.